The summed E-state index contributed by atoms with van der Waals surface area (Å²) in [4.78, 5) is 91.6. The first kappa shape index (κ1) is 40.6. The number of aromatic hydroxyl groups is 2. The van der Waals surface area contributed by atoms with Crippen molar-refractivity contribution in [3.8, 4) is 11.5 Å². The summed E-state index contributed by atoms with van der Waals surface area (Å²) in [6, 6.07) is -6.76. The number of hydrogen-bond donors (Lipinski definition) is 9. The van der Waals surface area contributed by atoms with Gasteiger partial charge in [-0.25, -0.2) is 9.59 Å². The monoisotopic (exact) mass is 741 g/mol. The number of phenolic OH excluding ortho intramolecular Hbond substituents is 2. The predicted molar refractivity (Wildman–Crippen MR) is 176 cm³/mol. The molecule has 51 heavy (non-hydrogen) atoms. The second-order valence-electron chi connectivity index (χ2n) is 12.9. The Balaban J connectivity index is 1.93. The summed E-state index contributed by atoms with van der Waals surface area (Å²) in [6.07, 6.45) is -2.61. The fourth-order valence-corrected chi connectivity index (χ4v) is 6.27. The van der Waals surface area contributed by atoms with Crippen LogP contribution in [0, 0.1) is 6.92 Å². The van der Waals surface area contributed by atoms with Gasteiger partial charge in [-0.15, -0.1) is 0 Å². The Kier molecular flexibility index (Phi) is 13.5. The summed E-state index contributed by atoms with van der Waals surface area (Å²) in [7, 11) is 0. The van der Waals surface area contributed by atoms with Gasteiger partial charge in [0.25, 0.3) is 0 Å². The molecule has 0 radical (unpaired) electrons. The number of amides is 5. The first-order valence-corrected chi connectivity index (χ1v) is 16.9. The van der Waals surface area contributed by atoms with E-state index in [9.17, 15) is 59.1 Å². The largest absolute Gasteiger partial charge is 0.508 e. The van der Waals surface area contributed by atoms with Gasteiger partial charge in [0.1, 0.15) is 53.9 Å². The van der Waals surface area contributed by atoms with Crippen molar-refractivity contribution in [2.45, 2.75) is 88.7 Å². The van der Waals surface area contributed by atoms with E-state index in [0.29, 0.717) is 0 Å². The lowest BCUT2D eigenvalue weighted by molar-refractivity contribution is -0.144. The zero-order valence-corrected chi connectivity index (χ0v) is 29.4. The van der Waals surface area contributed by atoms with Crippen molar-refractivity contribution in [3.63, 3.8) is 0 Å². The molecule has 0 aromatic heterocycles. The molecular formula is C31H43N5O14S. The highest BCUT2D eigenvalue weighted by Crippen LogP contribution is 2.35. The summed E-state index contributed by atoms with van der Waals surface area (Å²) in [5, 5.41) is 59.9. The molecule has 5 amide bonds. The Morgan fingerprint density at radius 2 is 1.78 bits per heavy atom. The normalized spacial score (nSPS) is 22.5. The van der Waals surface area contributed by atoms with Crippen LogP contribution in [0.5, 0.6) is 11.5 Å². The standard InChI is InChI=1S/C31H43N5O14S/c1-13-20(39)8-21(40)15-11-51-12-18(25(42)32-14(2)28(45)46)34-24(41)17(10-49-29(47)22(13)15)33-26(43)23-19(38)6-7-36(23)27(44)16(9-37)35-30(48)50-31(3,4)5/h8,14,16-19,23,37-40H,6-7,9-12H2,1-5H3,(H,32,42)(H,33,43)(H,34,41)(H,35,48)(H,45,46)/t14-,16-,17-,18-,19+,23-/m0/s1. The molecule has 1 fully saturated rings. The molecule has 3 rings (SSSR count). The summed E-state index contributed by atoms with van der Waals surface area (Å²) in [5.74, 6) is -7.70. The summed E-state index contributed by atoms with van der Waals surface area (Å²) in [6.45, 7) is 5.34. The van der Waals surface area contributed by atoms with Gasteiger partial charge in [-0.2, -0.15) is 11.8 Å². The highest BCUT2D eigenvalue weighted by Gasteiger charge is 2.44. The van der Waals surface area contributed by atoms with E-state index in [2.05, 4.69) is 21.3 Å². The molecule has 19 nitrogen and oxygen atoms in total. The van der Waals surface area contributed by atoms with Crippen molar-refractivity contribution in [1.29, 1.82) is 0 Å². The third-order valence-corrected chi connectivity index (χ3v) is 8.91. The fourth-order valence-electron chi connectivity index (χ4n) is 5.19. The zero-order valence-electron chi connectivity index (χ0n) is 28.5. The van der Waals surface area contributed by atoms with Crippen LogP contribution >= 0.6 is 11.8 Å². The maximum absolute atomic E-state index is 13.7. The van der Waals surface area contributed by atoms with Crippen LogP contribution in [0.15, 0.2) is 6.07 Å². The number of hydrogen-bond acceptors (Lipinski definition) is 14. The average molecular weight is 742 g/mol. The van der Waals surface area contributed by atoms with Gasteiger partial charge in [-0.05, 0) is 41.0 Å². The lowest BCUT2D eigenvalue weighted by Gasteiger charge is -2.31. The number of thioether (sulfide) groups is 1. The second kappa shape index (κ2) is 16.9. The molecule has 1 aromatic rings. The van der Waals surface area contributed by atoms with Gasteiger partial charge >= 0.3 is 18.0 Å². The van der Waals surface area contributed by atoms with Crippen LogP contribution < -0.4 is 21.3 Å². The number of ether oxygens (including phenoxy) is 2. The molecule has 2 aliphatic rings. The van der Waals surface area contributed by atoms with E-state index in [1.807, 2.05) is 0 Å². The third kappa shape index (κ3) is 10.4. The first-order valence-electron chi connectivity index (χ1n) is 15.8. The van der Waals surface area contributed by atoms with Crippen molar-refractivity contribution in [3.05, 3.63) is 22.8 Å². The lowest BCUT2D eigenvalue weighted by Crippen LogP contribution is -2.61. The van der Waals surface area contributed by atoms with Crippen molar-refractivity contribution in [2.75, 3.05) is 25.5 Å². The Morgan fingerprint density at radius 1 is 1.12 bits per heavy atom. The number of nitrogens with zero attached hydrogens (tertiary/aromatic N) is 1. The number of alkyl carbamates (subject to hydrolysis) is 1. The highest BCUT2D eigenvalue weighted by molar-refractivity contribution is 7.98. The number of aliphatic hydroxyl groups excluding tert-OH is 2. The molecule has 6 atom stereocenters. The number of aliphatic carboxylic acids is 1. The number of carboxylic acid groups (broad SMARTS) is 1. The van der Waals surface area contributed by atoms with E-state index < -0.39 is 108 Å². The lowest BCUT2D eigenvalue weighted by atomic mass is 10.0. The van der Waals surface area contributed by atoms with Crippen molar-refractivity contribution >= 4 is 53.4 Å². The van der Waals surface area contributed by atoms with Gasteiger partial charge in [0.2, 0.25) is 23.6 Å². The number of phenols is 2. The van der Waals surface area contributed by atoms with Crippen LogP contribution in [-0.2, 0) is 39.2 Å². The predicted octanol–water partition coefficient (Wildman–Crippen LogP) is -1.78. The summed E-state index contributed by atoms with van der Waals surface area (Å²) < 4.78 is 10.5. The number of aliphatic hydroxyl groups is 2. The van der Waals surface area contributed by atoms with Gasteiger partial charge < -0.3 is 61.2 Å². The SMILES string of the molecule is Cc1c(O)cc(O)c2c1C(=O)OC[C@H](NC(=O)[C@@H]1[C@H](O)CCN1C(=O)[C@H](CO)NC(=O)OC(C)(C)C)C(=O)N[C@H](C(=O)N[C@@H](C)C(=O)O)CSC2. The number of nitrogens with one attached hydrogen (secondary N) is 4. The number of likely N-dealkylation sites (tertiary alicyclic amines) is 1. The minimum Gasteiger partial charge on any atom is -0.508 e. The molecule has 0 aliphatic carbocycles. The van der Waals surface area contributed by atoms with E-state index in [-0.39, 0.29) is 41.2 Å². The Labute approximate surface area is 296 Å². The Hall–Kier alpha value is -4.82. The molecule has 2 aliphatic heterocycles. The van der Waals surface area contributed by atoms with Gasteiger partial charge in [0.15, 0.2) is 0 Å². The van der Waals surface area contributed by atoms with Crippen molar-refractivity contribution < 1.29 is 68.6 Å². The number of benzene rings is 1. The number of carboxylic acids is 1. The van der Waals surface area contributed by atoms with Crippen LogP contribution in [-0.4, -0.2) is 140 Å². The maximum atomic E-state index is 13.7. The maximum Gasteiger partial charge on any atom is 0.408 e. The van der Waals surface area contributed by atoms with Gasteiger partial charge in [-0.3, -0.25) is 24.0 Å². The molecule has 0 unspecified atom stereocenters. The molecule has 1 saturated heterocycles. The molecule has 0 spiro atoms. The first-order chi connectivity index (χ1) is 23.7. The molecule has 0 saturated carbocycles. The Morgan fingerprint density at radius 3 is 2.39 bits per heavy atom. The van der Waals surface area contributed by atoms with Gasteiger partial charge in [0.05, 0.1) is 18.3 Å². The van der Waals surface area contributed by atoms with Gasteiger partial charge in [-0.1, -0.05) is 0 Å². The van der Waals surface area contributed by atoms with E-state index >= 15 is 0 Å². The number of carbonyl (C=O) groups is 7. The molecule has 282 valence electrons. The number of cyclic esters (lactones) is 1. The summed E-state index contributed by atoms with van der Waals surface area (Å²) in [5.41, 5.74) is -1.11. The number of carbonyl (C=O) groups excluding carboxylic acids is 6. The fraction of sp³-hybridized carbons (Fsp3) is 0.581. The molecule has 1 aromatic carbocycles. The van der Waals surface area contributed by atoms with Crippen LogP contribution in [0.4, 0.5) is 4.79 Å². The van der Waals surface area contributed by atoms with Crippen LogP contribution in [0.2, 0.25) is 0 Å². The number of fused-ring (bicyclic) bond motifs is 1. The van der Waals surface area contributed by atoms with Crippen molar-refractivity contribution in [2.24, 2.45) is 0 Å². The zero-order chi connectivity index (χ0) is 38.4. The third-order valence-electron chi connectivity index (χ3n) is 7.84. The molecular weight excluding hydrogens is 698 g/mol. The number of rotatable bonds is 8. The minimum absolute atomic E-state index is 0.0294. The van der Waals surface area contributed by atoms with E-state index in [0.717, 1.165) is 22.7 Å². The quantitative estimate of drug-likeness (QED) is 0.133. The average Bonchev–Trinajstić information content (AvgIpc) is 3.42. The van der Waals surface area contributed by atoms with E-state index in [1.165, 1.54) is 13.8 Å². The Bertz CT molecular complexity index is 1550. The second-order valence-corrected chi connectivity index (χ2v) is 13.9. The molecule has 9 N–H and O–H groups in total. The highest BCUT2D eigenvalue weighted by atomic mass is 32.2. The van der Waals surface area contributed by atoms with Crippen LogP contribution in [0.25, 0.3) is 0 Å². The number of esters is 1. The molecule has 20 heteroatoms. The van der Waals surface area contributed by atoms with Gasteiger partial charge in [0, 0.05) is 35.2 Å². The molecule has 0 bridgehead atoms. The van der Waals surface area contributed by atoms with Crippen molar-refractivity contribution in [1.82, 2.24) is 26.2 Å². The topological polar surface area (TPSA) is 290 Å². The minimum atomic E-state index is -1.77. The molecule has 2 heterocycles. The van der Waals surface area contributed by atoms with E-state index in [1.54, 1.807) is 20.8 Å². The van der Waals surface area contributed by atoms with E-state index in [4.69, 9.17) is 9.47 Å². The summed E-state index contributed by atoms with van der Waals surface area (Å²) >= 11 is 0.970. The van der Waals surface area contributed by atoms with Crippen LogP contribution in [0.3, 0.4) is 0 Å². The van der Waals surface area contributed by atoms with Crippen LogP contribution in [0.1, 0.15) is 55.6 Å². The smallest absolute Gasteiger partial charge is 0.408 e.